The zero-order valence-corrected chi connectivity index (χ0v) is 12.7. The summed E-state index contributed by atoms with van der Waals surface area (Å²) in [6.07, 6.45) is 7.35. The van der Waals surface area contributed by atoms with Crippen molar-refractivity contribution in [2.24, 2.45) is 5.92 Å². The standard InChI is InChI=1S/C18H23NO2/c1-19-14-8-10-17(19)15(9-11-18(20)21-2)16(12-14)13-6-4-3-5-7-13/h3-7,9,11,14-17H,8,10,12H2,1-2H3/b11-9+/t14-,15?,16?,17+/m0/s1. The summed E-state index contributed by atoms with van der Waals surface area (Å²) < 4.78 is 4.75. The van der Waals surface area contributed by atoms with E-state index in [0.29, 0.717) is 23.9 Å². The topological polar surface area (TPSA) is 29.5 Å². The highest BCUT2D eigenvalue weighted by molar-refractivity contribution is 5.81. The number of methoxy groups -OCH3 is 1. The van der Waals surface area contributed by atoms with Gasteiger partial charge >= 0.3 is 5.97 Å². The van der Waals surface area contributed by atoms with E-state index in [4.69, 9.17) is 4.74 Å². The molecular formula is C18H23NO2. The van der Waals surface area contributed by atoms with E-state index in [9.17, 15) is 4.79 Å². The van der Waals surface area contributed by atoms with Crippen molar-refractivity contribution in [2.45, 2.75) is 37.3 Å². The van der Waals surface area contributed by atoms with Crippen LogP contribution in [0, 0.1) is 5.92 Å². The summed E-state index contributed by atoms with van der Waals surface area (Å²) in [7, 11) is 3.66. The highest BCUT2D eigenvalue weighted by Gasteiger charge is 2.44. The minimum absolute atomic E-state index is 0.260. The van der Waals surface area contributed by atoms with Crippen molar-refractivity contribution in [1.82, 2.24) is 4.90 Å². The molecule has 1 aromatic carbocycles. The molecule has 0 radical (unpaired) electrons. The molecule has 2 heterocycles. The smallest absolute Gasteiger partial charge is 0.330 e. The van der Waals surface area contributed by atoms with Crippen LogP contribution in [0.5, 0.6) is 0 Å². The Bertz CT molecular complexity index is 525. The number of nitrogens with zero attached hydrogens (tertiary/aromatic N) is 1. The molecule has 4 atom stereocenters. The van der Waals surface area contributed by atoms with Crippen LogP contribution in [0.25, 0.3) is 0 Å². The molecule has 2 saturated heterocycles. The normalized spacial score (nSPS) is 32.5. The van der Waals surface area contributed by atoms with Crippen molar-refractivity contribution in [1.29, 1.82) is 0 Å². The molecular weight excluding hydrogens is 262 g/mol. The molecule has 3 heteroatoms. The van der Waals surface area contributed by atoms with Crippen LogP contribution in [0.4, 0.5) is 0 Å². The Morgan fingerprint density at radius 2 is 2.05 bits per heavy atom. The van der Waals surface area contributed by atoms with E-state index < -0.39 is 0 Å². The Labute approximate surface area is 126 Å². The Morgan fingerprint density at radius 3 is 2.76 bits per heavy atom. The fraction of sp³-hybridized carbons (Fsp3) is 0.500. The second-order valence-electron chi connectivity index (χ2n) is 6.18. The van der Waals surface area contributed by atoms with E-state index in [1.807, 2.05) is 0 Å². The highest BCUT2D eigenvalue weighted by atomic mass is 16.5. The first-order valence-electron chi connectivity index (χ1n) is 7.73. The third-order valence-electron chi connectivity index (χ3n) is 5.21. The van der Waals surface area contributed by atoms with Crippen molar-refractivity contribution >= 4 is 5.97 Å². The van der Waals surface area contributed by atoms with E-state index in [-0.39, 0.29) is 5.97 Å². The second-order valence-corrected chi connectivity index (χ2v) is 6.18. The Hall–Kier alpha value is -1.61. The highest BCUT2D eigenvalue weighted by Crippen LogP contribution is 2.46. The summed E-state index contributed by atoms with van der Waals surface area (Å²) in [6, 6.07) is 11.9. The summed E-state index contributed by atoms with van der Waals surface area (Å²) in [5.41, 5.74) is 1.39. The van der Waals surface area contributed by atoms with Crippen LogP contribution in [-0.2, 0) is 9.53 Å². The van der Waals surface area contributed by atoms with Gasteiger partial charge in [-0.05, 0) is 43.7 Å². The fourth-order valence-electron chi connectivity index (χ4n) is 4.09. The molecule has 2 aliphatic heterocycles. The lowest BCUT2D eigenvalue weighted by Crippen LogP contribution is -2.45. The number of benzene rings is 1. The molecule has 1 aromatic rings. The maximum Gasteiger partial charge on any atom is 0.330 e. The zero-order chi connectivity index (χ0) is 14.8. The van der Waals surface area contributed by atoms with Crippen LogP contribution in [0.1, 0.15) is 30.7 Å². The van der Waals surface area contributed by atoms with Gasteiger partial charge in [-0.2, -0.15) is 0 Å². The van der Waals surface area contributed by atoms with Gasteiger partial charge in [0.15, 0.2) is 0 Å². The quantitative estimate of drug-likeness (QED) is 0.631. The SMILES string of the molecule is COC(=O)/C=C/C1C(c2ccccc2)C[C@@H]2CC[C@H]1N2C. The van der Waals surface area contributed by atoms with Crippen LogP contribution >= 0.6 is 0 Å². The molecule has 2 bridgehead atoms. The van der Waals surface area contributed by atoms with E-state index in [2.05, 4.69) is 48.4 Å². The number of esters is 1. The monoisotopic (exact) mass is 285 g/mol. The van der Waals surface area contributed by atoms with Crippen LogP contribution in [-0.4, -0.2) is 37.1 Å². The minimum atomic E-state index is -0.260. The summed E-state index contributed by atoms with van der Waals surface area (Å²) in [5.74, 6) is 0.626. The van der Waals surface area contributed by atoms with Crippen molar-refractivity contribution in [2.75, 3.05) is 14.2 Å². The number of fused-ring (bicyclic) bond motifs is 2. The number of piperidine rings is 1. The third kappa shape index (κ3) is 2.75. The zero-order valence-electron chi connectivity index (χ0n) is 12.7. The van der Waals surface area contributed by atoms with Crippen molar-refractivity contribution in [3.63, 3.8) is 0 Å². The summed E-state index contributed by atoms with van der Waals surface area (Å²) >= 11 is 0. The van der Waals surface area contributed by atoms with Gasteiger partial charge in [0.05, 0.1) is 7.11 Å². The molecule has 0 aromatic heterocycles. The first-order valence-corrected chi connectivity index (χ1v) is 7.73. The van der Waals surface area contributed by atoms with Crippen molar-refractivity contribution in [3.05, 3.63) is 48.0 Å². The maximum absolute atomic E-state index is 11.5. The van der Waals surface area contributed by atoms with Gasteiger partial charge in [-0.25, -0.2) is 4.79 Å². The lowest BCUT2D eigenvalue weighted by atomic mass is 9.76. The van der Waals surface area contributed by atoms with E-state index in [1.165, 1.54) is 31.9 Å². The number of carbonyl (C=O) groups excluding carboxylic acids is 1. The fourth-order valence-corrected chi connectivity index (χ4v) is 4.09. The van der Waals surface area contributed by atoms with E-state index >= 15 is 0 Å². The van der Waals surface area contributed by atoms with E-state index in [0.717, 1.165) is 0 Å². The van der Waals surface area contributed by atoms with Gasteiger partial charge in [-0.15, -0.1) is 0 Å². The second kappa shape index (κ2) is 6.02. The molecule has 0 N–H and O–H groups in total. The molecule has 112 valence electrons. The first kappa shape index (κ1) is 14.3. The van der Waals surface area contributed by atoms with Crippen LogP contribution in [0.3, 0.4) is 0 Å². The molecule has 21 heavy (non-hydrogen) atoms. The summed E-state index contributed by atoms with van der Waals surface area (Å²) in [5, 5.41) is 0. The lowest BCUT2D eigenvalue weighted by molar-refractivity contribution is -0.134. The number of ether oxygens (including phenoxy) is 1. The molecule has 3 rings (SSSR count). The van der Waals surface area contributed by atoms with Crippen LogP contribution in [0.2, 0.25) is 0 Å². The van der Waals surface area contributed by atoms with E-state index in [1.54, 1.807) is 6.08 Å². The van der Waals surface area contributed by atoms with Crippen LogP contribution in [0.15, 0.2) is 42.5 Å². The number of hydrogen-bond donors (Lipinski definition) is 0. The van der Waals surface area contributed by atoms with Gasteiger partial charge in [0, 0.05) is 18.2 Å². The Kier molecular flexibility index (Phi) is 4.11. The molecule has 3 nitrogen and oxygen atoms in total. The third-order valence-corrected chi connectivity index (χ3v) is 5.21. The van der Waals surface area contributed by atoms with Gasteiger partial charge in [0.2, 0.25) is 0 Å². The lowest BCUT2D eigenvalue weighted by Gasteiger charge is -2.42. The number of hydrogen-bond acceptors (Lipinski definition) is 3. The minimum Gasteiger partial charge on any atom is -0.466 e. The molecule has 0 spiro atoms. The number of rotatable bonds is 3. The van der Waals surface area contributed by atoms with Crippen LogP contribution < -0.4 is 0 Å². The maximum atomic E-state index is 11.5. The van der Waals surface area contributed by atoms with Gasteiger partial charge < -0.3 is 4.74 Å². The molecule has 2 fully saturated rings. The average Bonchev–Trinajstić information content (AvgIpc) is 2.77. The summed E-state index contributed by atoms with van der Waals surface area (Å²) in [4.78, 5) is 14.0. The molecule has 0 amide bonds. The van der Waals surface area contributed by atoms with Gasteiger partial charge in [0.1, 0.15) is 0 Å². The van der Waals surface area contributed by atoms with Gasteiger partial charge in [-0.1, -0.05) is 36.4 Å². The largest absolute Gasteiger partial charge is 0.466 e. The predicted molar refractivity (Wildman–Crippen MR) is 83.0 cm³/mol. The Balaban J connectivity index is 1.89. The Morgan fingerprint density at radius 1 is 1.29 bits per heavy atom. The number of carbonyl (C=O) groups is 1. The average molecular weight is 285 g/mol. The van der Waals surface area contributed by atoms with Crippen molar-refractivity contribution < 1.29 is 9.53 Å². The molecule has 2 aliphatic rings. The van der Waals surface area contributed by atoms with Crippen molar-refractivity contribution in [3.8, 4) is 0 Å². The molecule has 0 saturated carbocycles. The van der Waals surface area contributed by atoms with Gasteiger partial charge in [-0.3, -0.25) is 4.90 Å². The molecule has 0 aliphatic carbocycles. The first-order chi connectivity index (χ1) is 10.2. The summed E-state index contributed by atoms with van der Waals surface area (Å²) in [6.45, 7) is 0. The molecule has 2 unspecified atom stereocenters. The van der Waals surface area contributed by atoms with Gasteiger partial charge in [0.25, 0.3) is 0 Å². The predicted octanol–water partition coefficient (Wildman–Crippen LogP) is 2.98.